The number of ether oxygens (including phenoxy) is 3. The van der Waals surface area contributed by atoms with Crippen molar-refractivity contribution >= 4 is 6.09 Å². The van der Waals surface area contributed by atoms with Gasteiger partial charge in [0, 0.05) is 43.6 Å². The van der Waals surface area contributed by atoms with Crippen LogP contribution in [0.15, 0.2) is 24.3 Å². The molecule has 4 atom stereocenters. The van der Waals surface area contributed by atoms with Crippen LogP contribution >= 0.6 is 0 Å². The third kappa shape index (κ3) is 9.26. The van der Waals surface area contributed by atoms with E-state index in [1.165, 1.54) is 7.11 Å². The van der Waals surface area contributed by atoms with Crippen molar-refractivity contribution in [2.75, 3.05) is 40.4 Å². The molecule has 2 fully saturated rings. The first-order chi connectivity index (χ1) is 18.6. The van der Waals surface area contributed by atoms with Gasteiger partial charge in [0.05, 0.1) is 25.6 Å². The maximum absolute atomic E-state index is 12.2. The van der Waals surface area contributed by atoms with Gasteiger partial charge in [-0.15, -0.1) is 20.4 Å². The smallest absolute Gasteiger partial charge is 0.410 e. The van der Waals surface area contributed by atoms with Crippen molar-refractivity contribution in [2.24, 2.45) is 11.8 Å². The second kappa shape index (κ2) is 14.3. The molecular weight excluding hydrogens is 504 g/mol. The molecule has 0 aliphatic carbocycles. The van der Waals surface area contributed by atoms with Crippen molar-refractivity contribution in [1.82, 2.24) is 30.6 Å². The van der Waals surface area contributed by atoms with Crippen molar-refractivity contribution in [3.05, 3.63) is 35.7 Å². The number of rotatable bonds is 6. The summed E-state index contributed by atoms with van der Waals surface area (Å²) in [7, 11) is 3.06. The molecule has 39 heavy (non-hydrogen) atoms. The molecule has 3 N–H and O–H groups in total. The lowest BCUT2D eigenvalue weighted by Crippen LogP contribution is -2.44. The quantitative estimate of drug-likeness (QED) is 0.490. The Labute approximate surface area is 230 Å². The van der Waals surface area contributed by atoms with Crippen LogP contribution in [0.5, 0.6) is 11.8 Å². The average molecular weight is 547 g/mol. The summed E-state index contributed by atoms with van der Waals surface area (Å²) >= 11 is 0. The van der Waals surface area contributed by atoms with Gasteiger partial charge in [0.25, 0.3) is 0 Å². The Kier molecular flexibility index (Phi) is 11.2. The van der Waals surface area contributed by atoms with Gasteiger partial charge in [-0.2, -0.15) is 0 Å². The Morgan fingerprint density at radius 3 is 1.95 bits per heavy atom. The minimum Gasteiger partial charge on any atom is -0.480 e. The highest BCUT2D eigenvalue weighted by atomic mass is 16.6. The summed E-state index contributed by atoms with van der Waals surface area (Å²) in [5.74, 6) is 1.02. The molecule has 0 radical (unpaired) electrons. The van der Waals surface area contributed by atoms with Crippen molar-refractivity contribution in [3.63, 3.8) is 0 Å². The summed E-state index contributed by atoms with van der Waals surface area (Å²) in [6, 6.07) is 6.86. The van der Waals surface area contributed by atoms with E-state index < -0.39 is 17.8 Å². The van der Waals surface area contributed by atoms with Crippen LogP contribution in [-0.2, 0) is 4.74 Å². The Hall–Kier alpha value is -3.09. The molecule has 4 rings (SSSR count). The fraction of sp³-hybridized carbons (Fsp3) is 0.667. The van der Waals surface area contributed by atoms with E-state index in [0.29, 0.717) is 36.2 Å². The van der Waals surface area contributed by atoms with E-state index in [-0.39, 0.29) is 17.9 Å². The van der Waals surface area contributed by atoms with Gasteiger partial charge in [-0.25, -0.2) is 4.79 Å². The summed E-state index contributed by atoms with van der Waals surface area (Å²) in [6.45, 7) is 8.50. The van der Waals surface area contributed by atoms with Gasteiger partial charge in [-0.3, -0.25) is 0 Å². The molecule has 216 valence electrons. The van der Waals surface area contributed by atoms with E-state index in [9.17, 15) is 15.0 Å². The Balaban J connectivity index is 0.000000230. The highest BCUT2D eigenvalue weighted by Crippen LogP contribution is 2.30. The topological polar surface area (TPSA) is 152 Å². The van der Waals surface area contributed by atoms with Crippen LogP contribution in [-0.4, -0.2) is 87.6 Å². The number of amides is 1. The van der Waals surface area contributed by atoms with Gasteiger partial charge in [-0.1, -0.05) is 0 Å². The number of aliphatic hydroxyl groups excluding tert-OH is 2. The number of carbonyl (C=O) groups is 1. The van der Waals surface area contributed by atoms with E-state index in [1.807, 2.05) is 20.8 Å². The molecule has 2 aliphatic heterocycles. The highest BCUT2D eigenvalue weighted by molar-refractivity contribution is 5.68. The number of piperidine rings is 2. The lowest BCUT2D eigenvalue weighted by atomic mass is 9.91. The minimum atomic E-state index is -0.765. The Morgan fingerprint density at radius 1 is 0.923 bits per heavy atom. The fourth-order valence-electron chi connectivity index (χ4n) is 4.59. The van der Waals surface area contributed by atoms with Gasteiger partial charge in [0.1, 0.15) is 17.8 Å². The van der Waals surface area contributed by atoms with Crippen molar-refractivity contribution in [2.45, 2.75) is 64.3 Å². The van der Waals surface area contributed by atoms with Crippen LogP contribution in [0, 0.1) is 11.8 Å². The van der Waals surface area contributed by atoms with Gasteiger partial charge < -0.3 is 34.6 Å². The molecule has 2 aromatic heterocycles. The number of aromatic nitrogens is 4. The number of hydrogen-bond donors (Lipinski definition) is 3. The molecular formula is C27H42N6O6. The third-order valence-corrected chi connectivity index (χ3v) is 6.68. The number of carbonyl (C=O) groups excluding carboxylic acids is 1. The normalized spacial score (nSPS) is 21.2. The van der Waals surface area contributed by atoms with Crippen molar-refractivity contribution < 1.29 is 29.2 Å². The number of nitrogens with one attached hydrogen (secondary N) is 1. The zero-order valence-electron chi connectivity index (χ0n) is 23.5. The van der Waals surface area contributed by atoms with Crippen LogP contribution in [0.1, 0.15) is 70.1 Å². The largest absolute Gasteiger partial charge is 0.480 e. The van der Waals surface area contributed by atoms with E-state index in [4.69, 9.17) is 14.2 Å². The second-order valence-corrected chi connectivity index (χ2v) is 10.8. The van der Waals surface area contributed by atoms with Gasteiger partial charge >= 0.3 is 6.09 Å². The first kappa shape index (κ1) is 30.5. The van der Waals surface area contributed by atoms with Crippen molar-refractivity contribution in [1.29, 1.82) is 0 Å². The minimum absolute atomic E-state index is 0.0843. The zero-order valence-corrected chi connectivity index (χ0v) is 23.5. The number of nitrogens with zero attached hydrogens (tertiary/aromatic N) is 5. The van der Waals surface area contributed by atoms with Crippen molar-refractivity contribution in [3.8, 4) is 11.8 Å². The SMILES string of the molecule is COc1ccc(C(O)C2CCCN(C(=O)OC(C)(C)C)C2)nn1.COc1ccc(C(O)C2CCCNC2)nn1. The Morgan fingerprint density at radius 2 is 1.49 bits per heavy atom. The predicted octanol–water partition coefficient (Wildman–Crippen LogP) is 2.68. The molecule has 2 aliphatic rings. The molecule has 1 amide bonds. The standard InChI is InChI=1S/C16H25N3O4.C11H17N3O2/c1-16(2,3)23-15(21)19-9-5-6-11(10-19)14(20)12-7-8-13(22-4)18-17-12;1-16-10-5-4-9(13-14-10)11(15)8-3-2-6-12-7-8/h7-8,11,14,20H,5-6,9-10H2,1-4H3;4-5,8,11-12,15H,2-3,6-7H2,1H3. The lowest BCUT2D eigenvalue weighted by Gasteiger charge is -2.35. The maximum atomic E-state index is 12.2. The summed E-state index contributed by atoms with van der Waals surface area (Å²) < 4.78 is 15.3. The number of aliphatic hydroxyl groups is 2. The molecule has 0 bridgehead atoms. The van der Waals surface area contributed by atoms with E-state index in [1.54, 1.807) is 36.3 Å². The molecule has 2 aromatic rings. The third-order valence-electron chi connectivity index (χ3n) is 6.68. The average Bonchev–Trinajstić information content (AvgIpc) is 2.96. The van der Waals surface area contributed by atoms with Gasteiger partial charge in [-0.05, 0) is 65.1 Å². The van der Waals surface area contributed by atoms with E-state index in [0.717, 1.165) is 38.8 Å². The zero-order chi connectivity index (χ0) is 28.4. The molecule has 0 saturated carbocycles. The molecule has 4 heterocycles. The first-order valence-corrected chi connectivity index (χ1v) is 13.4. The van der Waals surface area contributed by atoms with Crippen LogP contribution in [0.25, 0.3) is 0 Å². The molecule has 12 heteroatoms. The van der Waals surface area contributed by atoms with Crippen LogP contribution < -0.4 is 14.8 Å². The highest BCUT2D eigenvalue weighted by Gasteiger charge is 2.32. The van der Waals surface area contributed by atoms with Gasteiger partial charge in [0.2, 0.25) is 11.8 Å². The molecule has 0 spiro atoms. The number of hydrogen-bond acceptors (Lipinski definition) is 11. The predicted molar refractivity (Wildman–Crippen MR) is 143 cm³/mol. The van der Waals surface area contributed by atoms with E-state index in [2.05, 4.69) is 25.7 Å². The monoisotopic (exact) mass is 546 g/mol. The summed E-state index contributed by atoms with van der Waals surface area (Å²) in [6.07, 6.45) is 2.14. The first-order valence-electron chi connectivity index (χ1n) is 13.4. The second-order valence-electron chi connectivity index (χ2n) is 10.8. The van der Waals surface area contributed by atoms with Crippen LogP contribution in [0.2, 0.25) is 0 Å². The maximum Gasteiger partial charge on any atom is 0.410 e. The summed E-state index contributed by atoms with van der Waals surface area (Å²) in [5.41, 5.74) is 0.584. The van der Waals surface area contributed by atoms with Gasteiger partial charge in [0.15, 0.2) is 0 Å². The molecule has 12 nitrogen and oxygen atoms in total. The summed E-state index contributed by atoms with van der Waals surface area (Å²) in [5, 5.41) is 39.6. The number of methoxy groups -OCH3 is 2. The molecule has 4 unspecified atom stereocenters. The fourth-order valence-corrected chi connectivity index (χ4v) is 4.59. The summed E-state index contributed by atoms with van der Waals surface area (Å²) in [4.78, 5) is 13.8. The number of likely N-dealkylation sites (tertiary alicyclic amines) is 1. The van der Waals surface area contributed by atoms with Crippen LogP contribution in [0.3, 0.4) is 0 Å². The van der Waals surface area contributed by atoms with Crippen LogP contribution in [0.4, 0.5) is 4.79 Å². The Bertz CT molecular complexity index is 1010. The molecule has 2 saturated heterocycles. The van der Waals surface area contributed by atoms with E-state index >= 15 is 0 Å². The lowest BCUT2D eigenvalue weighted by molar-refractivity contribution is 0.00157. The molecule has 0 aromatic carbocycles.